The van der Waals surface area contributed by atoms with E-state index in [4.69, 9.17) is 0 Å². The molecule has 1 aliphatic heterocycles. The molecule has 104 valence electrons. The van der Waals surface area contributed by atoms with E-state index in [2.05, 4.69) is 10.4 Å². The number of nitrogens with one attached hydrogen (secondary N) is 1. The number of amides is 1. The van der Waals surface area contributed by atoms with Crippen molar-refractivity contribution in [3.8, 4) is 0 Å². The van der Waals surface area contributed by atoms with Crippen LogP contribution in [0.5, 0.6) is 0 Å². The lowest BCUT2D eigenvalue weighted by molar-refractivity contribution is 0.0934. The third-order valence-electron chi connectivity index (χ3n) is 3.80. The Morgan fingerprint density at radius 3 is 2.85 bits per heavy atom. The van der Waals surface area contributed by atoms with E-state index >= 15 is 0 Å². The Morgan fingerprint density at radius 2 is 2.10 bits per heavy atom. The highest BCUT2D eigenvalue weighted by Gasteiger charge is 2.18. The number of rotatable bonds is 3. The Balaban J connectivity index is 1.71. The molecule has 1 aliphatic rings. The largest absolute Gasteiger partial charge is 0.344 e. The topological polar surface area (TPSA) is 46.9 Å². The molecule has 2 heterocycles. The molecule has 0 fully saturated rings. The number of hydrogen-bond acceptors (Lipinski definition) is 2. The van der Waals surface area contributed by atoms with E-state index in [9.17, 15) is 4.79 Å². The molecule has 0 saturated heterocycles. The number of nitrogens with zero attached hydrogens (tertiary/aromatic N) is 2. The first-order chi connectivity index (χ1) is 9.74. The van der Waals surface area contributed by atoms with Crippen LogP contribution in [0.1, 0.15) is 47.6 Å². The molecule has 1 N–H and O–H groups in total. The first-order valence-corrected chi connectivity index (χ1v) is 7.16. The summed E-state index contributed by atoms with van der Waals surface area (Å²) in [7, 11) is 0. The summed E-state index contributed by atoms with van der Waals surface area (Å²) >= 11 is 0. The smallest absolute Gasteiger partial charge is 0.272 e. The second-order valence-corrected chi connectivity index (χ2v) is 5.31. The van der Waals surface area contributed by atoms with Crippen LogP contribution in [0.4, 0.5) is 0 Å². The number of fused-ring (bicyclic) bond motifs is 1. The number of aromatic nitrogens is 2. The van der Waals surface area contributed by atoms with Crippen LogP contribution in [0.25, 0.3) is 0 Å². The number of carbonyl (C=O) groups excluding carboxylic acids is 1. The first-order valence-electron chi connectivity index (χ1n) is 7.16. The molecule has 20 heavy (non-hydrogen) atoms. The van der Waals surface area contributed by atoms with Crippen LogP contribution in [0.15, 0.2) is 36.4 Å². The molecular weight excluding hydrogens is 250 g/mol. The van der Waals surface area contributed by atoms with Crippen molar-refractivity contribution in [1.29, 1.82) is 0 Å². The van der Waals surface area contributed by atoms with Crippen molar-refractivity contribution < 1.29 is 4.79 Å². The Kier molecular flexibility index (Phi) is 3.54. The van der Waals surface area contributed by atoms with Crippen LogP contribution in [0, 0.1) is 0 Å². The van der Waals surface area contributed by atoms with E-state index in [1.165, 1.54) is 12.1 Å². The van der Waals surface area contributed by atoms with Crippen molar-refractivity contribution in [2.75, 3.05) is 0 Å². The van der Waals surface area contributed by atoms with Gasteiger partial charge in [0, 0.05) is 12.2 Å². The highest BCUT2D eigenvalue weighted by molar-refractivity contribution is 5.92. The minimum atomic E-state index is -0.0942. The Morgan fingerprint density at radius 1 is 1.30 bits per heavy atom. The summed E-state index contributed by atoms with van der Waals surface area (Å²) in [6, 6.07) is 11.9. The van der Waals surface area contributed by atoms with Crippen molar-refractivity contribution in [1.82, 2.24) is 15.1 Å². The van der Waals surface area contributed by atoms with E-state index in [0.29, 0.717) is 5.69 Å². The van der Waals surface area contributed by atoms with Crippen LogP contribution in [-0.2, 0) is 13.0 Å². The second kappa shape index (κ2) is 5.49. The van der Waals surface area contributed by atoms with Gasteiger partial charge in [-0.25, -0.2) is 0 Å². The number of carbonyl (C=O) groups is 1. The minimum absolute atomic E-state index is 0.0116. The molecule has 1 aromatic carbocycles. The average Bonchev–Trinajstić information content (AvgIpc) is 2.92. The monoisotopic (exact) mass is 269 g/mol. The summed E-state index contributed by atoms with van der Waals surface area (Å²) < 4.78 is 1.96. The molecule has 0 bridgehead atoms. The van der Waals surface area contributed by atoms with Gasteiger partial charge in [0.05, 0.1) is 6.04 Å². The van der Waals surface area contributed by atoms with E-state index < -0.39 is 0 Å². The molecule has 0 unspecified atom stereocenters. The van der Waals surface area contributed by atoms with Crippen molar-refractivity contribution in [2.24, 2.45) is 0 Å². The van der Waals surface area contributed by atoms with Crippen molar-refractivity contribution in [3.05, 3.63) is 53.3 Å². The van der Waals surface area contributed by atoms with Crippen molar-refractivity contribution >= 4 is 5.91 Å². The first kappa shape index (κ1) is 12.9. The summed E-state index contributed by atoms with van der Waals surface area (Å²) in [6.45, 7) is 2.92. The van der Waals surface area contributed by atoms with Crippen LogP contribution in [0.3, 0.4) is 0 Å². The van der Waals surface area contributed by atoms with E-state index in [1.54, 1.807) is 0 Å². The molecule has 3 rings (SSSR count). The SMILES string of the molecule is C[C@H](NC(=O)c1cc2n(n1)CCCC2)c1ccccc1. The summed E-state index contributed by atoms with van der Waals surface area (Å²) in [5, 5.41) is 7.41. The molecule has 1 amide bonds. The second-order valence-electron chi connectivity index (χ2n) is 5.31. The predicted octanol–water partition coefficient (Wildman–Crippen LogP) is 2.71. The van der Waals surface area contributed by atoms with Gasteiger partial charge in [-0.2, -0.15) is 5.10 Å². The fourth-order valence-electron chi connectivity index (χ4n) is 2.62. The molecule has 0 saturated carbocycles. The molecule has 0 radical (unpaired) electrons. The summed E-state index contributed by atoms with van der Waals surface area (Å²) in [4.78, 5) is 12.3. The Labute approximate surface area is 118 Å². The predicted molar refractivity (Wildman–Crippen MR) is 77.5 cm³/mol. The molecular formula is C16H19N3O. The number of hydrogen-bond donors (Lipinski definition) is 1. The fraction of sp³-hybridized carbons (Fsp3) is 0.375. The highest BCUT2D eigenvalue weighted by Crippen LogP contribution is 2.16. The minimum Gasteiger partial charge on any atom is -0.344 e. The van der Waals surface area contributed by atoms with Gasteiger partial charge in [-0.3, -0.25) is 9.48 Å². The lowest BCUT2D eigenvalue weighted by Gasteiger charge is -2.13. The number of benzene rings is 1. The summed E-state index contributed by atoms with van der Waals surface area (Å²) in [5.74, 6) is -0.0942. The summed E-state index contributed by atoms with van der Waals surface area (Å²) in [6.07, 6.45) is 3.36. The van der Waals surface area contributed by atoms with Gasteiger partial charge in [0.25, 0.3) is 5.91 Å². The van der Waals surface area contributed by atoms with Gasteiger partial charge in [0.2, 0.25) is 0 Å². The molecule has 0 aliphatic carbocycles. The van der Waals surface area contributed by atoms with Crippen LogP contribution in [-0.4, -0.2) is 15.7 Å². The van der Waals surface area contributed by atoms with E-state index in [0.717, 1.165) is 24.9 Å². The zero-order chi connectivity index (χ0) is 13.9. The third kappa shape index (κ3) is 2.59. The van der Waals surface area contributed by atoms with Gasteiger partial charge in [0.15, 0.2) is 0 Å². The fourth-order valence-corrected chi connectivity index (χ4v) is 2.62. The quantitative estimate of drug-likeness (QED) is 0.931. The Hall–Kier alpha value is -2.10. The number of aryl methyl sites for hydroxylation is 2. The van der Waals surface area contributed by atoms with Crippen LogP contribution in [0.2, 0.25) is 0 Å². The molecule has 2 aromatic rings. The lowest BCUT2D eigenvalue weighted by atomic mass is 10.1. The third-order valence-corrected chi connectivity index (χ3v) is 3.80. The van der Waals surface area contributed by atoms with Gasteiger partial charge >= 0.3 is 0 Å². The highest BCUT2D eigenvalue weighted by atomic mass is 16.2. The lowest BCUT2D eigenvalue weighted by Crippen LogP contribution is -2.27. The van der Waals surface area contributed by atoms with Gasteiger partial charge in [-0.15, -0.1) is 0 Å². The van der Waals surface area contributed by atoms with Crippen molar-refractivity contribution in [2.45, 2.75) is 38.8 Å². The van der Waals surface area contributed by atoms with Crippen molar-refractivity contribution in [3.63, 3.8) is 0 Å². The standard InChI is InChI=1S/C16H19N3O/c1-12(13-7-3-2-4-8-13)17-16(20)15-11-14-9-5-6-10-19(14)18-15/h2-4,7-8,11-12H,5-6,9-10H2,1H3,(H,17,20)/t12-/m0/s1. The Bertz CT molecular complexity index is 580. The van der Waals surface area contributed by atoms with Gasteiger partial charge in [-0.1, -0.05) is 30.3 Å². The maximum absolute atomic E-state index is 12.3. The molecule has 1 atom stereocenters. The van der Waals surface area contributed by atoms with Gasteiger partial charge in [0.1, 0.15) is 5.69 Å². The van der Waals surface area contributed by atoms with E-state index in [1.807, 2.05) is 48.0 Å². The van der Waals surface area contributed by atoms with Crippen LogP contribution >= 0.6 is 0 Å². The molecule has 0 spiro atoms. The summed E-state index contributed by atoms with van der Waals surface area (Å²) in [5.41, 5.74) is 2.81. The van der Waals surface area contributed by atoms with Gasteiger partial charge < -0.3 is 5.32 Å². The zero-order valence-electron chi connectivity index (χ0n) is 11.7. The van der Waals surface area contributed by atoms with Gasteiger partial charge in [-0.05, 0) is 37.8 Å². The normalized spacial score (nSPS) is 15.4. The molecule has 4 heteroatoms. The maximum atomic E-state index is 12.3. The zero-order valence-corrected chi connectivity index (χ0v) is 11.7. The molecule has 4 nitrogen and oxygen atoms in total. The maximum Gasteiger partial charge on any atom is 0.272 e. The van der Waals surface area contributed by atoms with E-state index in [-0.39, 0.29) is 11.9 Å². The molecule has 1 aromatic heterocycles. The average molecular weight is 269 g/mol. The van der Waals surface area contributed by atoms with Crippen LogP contribution < -0.4 is 5.32 Å².